The zero-order valence-corrected chi connectivity index (χ0v) is 17.7. The van der Waals surface area contributed by atoms with E-state index in [0.29, 0.717) is 0 Å². The van der Waals surface area contributed by atoms with E-state index < -0.39 is 0 Å². The number of para-hydroxylation sites is 2. The summed E-state index contributed by atoms with van der Waals surface area (Å²) >= 11 is 0. The number of hydrogen-bond acceptors (Lipinski definition) is 3. The Labute approximate surface area is 190 Å². The van der Waals surface area contributed by atoms with Gasteiger partial charge in [0, 0.05) is 32.7 Å². The van der Waals surface area contributed by atoms with Crippen molar-refractivity contribution in [2.24, 2.45) is 0 Å². The molecule has 3 nitrogen and oxygen atoms in total. The predicted molar refractivity (Wildman–Crippen MR) is 135 cm³/mol. The lowest BCUT2D eigenvalue weighted by Gasteiger charge is -2.10. The van der Waals surface area contributed by atoms with Gasteiger partial charge in [0.1, 0.15) is 11.2 Å². The summed E-state index contributed by atoms with van der Waals surface area (Å²) in [5, 5.41) is 5.57. The summed E-state index contributed by atoms with van der Waals surface area (Å²) in [4.78, 5) is 9.84. The van der Waals surface area contributed by atoms with Gasteiger partial charge >= 0.3 is 0 Å². The number of aromatic nitrogens is 2. The summed E-state index contributed by atoms with van der Waals surface area (Å²) in [6.07, 6.45) is 0. The highest BCUT2D eigenvalue weighted by molar-refractivity contribution is 6.15. The van der Waals surface area contributed by atoms with Crippen LogP contribution in [0, 0.1) is 0 Å². The molecule has 0 bridgehead atoms. The van der Waals surface area contributed by atoms with Gasteiger partial charge < -0.3 is 4.42 Å². The molecule has 2 heterocycles. The van der Waals surface area contributed by atoms with Crippen LogP contribution in [-0.4, -0.2) is 9.97 Å². The number of benzene rings is 5. The van der Waals surface area contributed by atoms with Crippen LogP contribution in [0.4, 0.5) is 0 Å². The fraction of sp³-hybridized carbons (Fsp3) is 0. The van der Waals surface area contributed by atoms with Crippen LogP contribution in [-0.2, 0) is 0 Å². The molecule has 0 amide bonds. The van der Waals surface area contributed by atoms with Crippen molar-refractivity contribution in [2.45, 2.75) is 0 Å². The third-order valence-electron chi connectivity index (χ3n) is 6.27. The van der Waals surface area contributed by atoms with Gasteiger partial charge in [-0.05, 0) is 35.7 Å². The summed E-state index contributed by atoms with van der Waals surface area (Å²) in [5.74, 6) is 0.733. The molecule has 0 aliphatic rings. The first-order valence-corrected chi connectivity index (χ1v) is 11.0. The van der Waals surface area contributed by atoms with Crippen LogP contribution in [0.15, 0.2) is 114 Å². The molecule has 0 unspecified atom stereocenters. The third-order valence-corrected chi connectivity index (χ3v) is 6.27. The maximum absolute atomic E-state index is 6.23. The Bertz CT molecular complexity index is 1820. The molecular formula is C30H18N2O. The van der Waals surface area contributed by atoms with Gasteiger partial charge in [-0.2, -0.15) is 0 Å². The molecule has 0 saturated heterocycles. The second-order valence-electron chi connectivity index (χ2n) is 8.26. The second kappa shape index (κ2) is 7.01. The first-order chi connectivity index (χ1) is 16.3. The molecule has 2 aromatic heterocycles. The smallest absolute Gasteiger partial charge is 0.160 e. The molecule has 0 aliphatic carbocycles. The molecule has 5 aromatic carbocycles. The Kier molecular flexibility index (Phi) is 3.84. The SMILES string of the molecule is c1ccc(-c2nc(-c3ccc4c(ccc5c6ccccc6oc45)c3)c3ccccc3n2)cc1. The van der Waals surface area contributed by atoms with E-state index in [-0.39, 0.29) is 0 Å². The fourth-order valence-electron chi connectivity index (χ4n) is 4.67. The van der Waals surface area contributed by atoms with Crippen molar-refractivity contribution >= 4 is 43.6 Å². The van der Waals surface area contributed by atoms with Crippen LogP contribution in [0.2, 0.25) is 0 Å². The first kappa shape index (κ1) is 18.1. The van der Waals surface area contributed by atoms with Gasteiger partial charge in [0.15, 0.2) is 5.82 Å². The standard InChI is InChI=1S/C30H18N2O/c1-2-8-19(9-3-1)30-31-26-12-6-4-11-25(26)28(32-30)21-15-16-22-20(18-21)14-17-24-23-10-5-7-13-27(23)33-29(22)24/h1-18H. The predicted octanol–water partition coefficient (Wildman–Crippen LogP) is 8.02. The normalized spacial score (nSPS) is 11.6. The number of rotatable bonds is 2. The maximum Gasteiger partial charge on any atom is 0.160 e. The highest BCUT2D eigenvalue weighted by atomic mass is 16.3. The van der Waals surface area contributed by atoms with E-state index in [1.165, 1.54) is 0 Å². The molecule has 0 aliphatic heterocycles. The van der Waals surface area contributed by atoms with E-state index >= 15 is 0 Å². The number of fused-ring (bicyclic) bond motifs is 6. The van der Waals surface area contributed by atoms with E-state index in [2.05, 4.69) is 48.5 Å². The molecule has 7 rings (SSSR count). The van der Waals surface area contributed by atoms with E-state index in [4.69, 9.17) is 14.4 Å². The average molecular weight is 422 g/mol. The lowest BCUT2D eigenvalue weighted by molar-refractivity contribution is 0.672. The highest BCUT2D eigenvalue weighted by Gasteiger charge is 2.14. The number of hydrogen-bond donors (Lipinski definition) is 0. The van der Waals surface area contributed by atoms with E-state index in [0.717, 1.165) is 66.3 Å². The van der Waals surface area contributed by atoms with Crippen LogP contribution >= 0.6 is 0 Å². The van der Waals surface area contributed by atoms with Crippen molar-refractivity contribution in [2.75, 3.05) is 0 Å². The Morgan fingerprint density at radius 1 is 0.515 bits per heavy atom. The lowest BCUT2D eigenvalue weighted by atomic mass is 10.00. The molecule has 0 saturated carbocycles. The largest absolute Gasteiger partial charge is 0.455 e. The van der Waals surface area contributed by atoms with Crippen LogP contribution in [0.5, 0.6) is 0 Å². The van der Waals surface area contributed by atoms with Crippen molar-refractivity contribution in [1.82, 2.24) is 9.97 Å². The quantitative estimate of drug-likeness (QED) is 0.283. The van der Waals surface area contributed by atoms with Crippen molar-refractivity contribution < 1.29 is 4.42 Å². The van der Waals surface area contributed by atoms with Crippen molar-refractivity contribution in [3.63, 3.8) is 0 Å². The average Bonchev–Trinajstić information content (AvgIpc) is 3.27. The number of nitrogens with zero attached hydrogens (tertiary/aromatic N) is 2. The first-order valence-electron chi connectivity index (χ1n) is 11.0. The Balaban J connectivity index is 1.48. The van der Waals surface area contributed by atoms with E-state index in [1.54, 1.807) is 0 Å². The van der Waals surface area contributed by atoms with Crippen molar-refractivity contribution in [3.05, 3.63) is 109 Å². The zero-order valence-electron chi connectivity index (χ0n) is 17.7. The molecule has 7 aromatic rings. The number of furan rings is 1. The van der Waals surface area contributed by atoms with E-state index in [1.807, 2.05) is 60.7 Å². The molecule has 3 heteroatoms. The van der Waals surface area contributed by atoms with Gasteiger partial charge in [-0.1, -0.05) is 78.9 Å². The summed E-state index contributed by atoms with van der Waals surface area (Å²) in [6.45, 7) is 0. The summed E-state index contributed by atoms with van der Waals surface area (Å²) in [7, 11) is 0. The second-order valence-corrected chi connectivity index (χ2v) is 8.26. The minimum absolute atomic E-state index is 0.733. The van der Waals surface area contributed by atoms with Gasteiger partial charge in [0.25, 0.3) is 0 Å². The minimum Gasteiger partial charge on any atom is -0.455 e. The van der Waals surface area contributed by atoms with Crippen LogP contribution < -0.4 is 0 Å². The van der Waals surface area contributed by atoms with Gasteiger partial charge in [-0.25, -0.2) is 9.97 Å². The molecule has 154 valence electrons. The topological polar surface area (TPSA) is 38.9 Å². The van der Waals surface area contributed by atoms with Gasteiger partial charge in [-0.15, -0.1) is 0 Å². The molecular weight excluding hydrogens is 404 g/mol. The molecule has 0 atom stereocenters. The van der Waals surface area contributed by atoms with Crippen molar-refractivity contribution in [3.8, 4) is 22.6 Å². The fourth-order valence-corrected chi connectivity index (χ4v) is 4.67. The van der Waals surface area contributed by atoms with Crippen LogP contribution in [0.1, 0.15) is 0 Å². The summed E-state index contributed by atoms with van der Waals surface area (Å²) in [6, 6.07) is 37.3. The monoisotopic (exact) mass is 422 g/mol. The summed E-state index contributed by atoms with van der Waals surface area (Å²) < 4.78 is 6.23. The van der Waals surface area contributed by atoms with Crippen molar-refractivity contribution in [1.29, 1.82) is 0 Å². The Morgan fingerprint density at radius 3 is 2.18 bits per heavy atom. The summed E-state index contributed by atoms with van der Waals surface area (Å²) in [5.41, 5.74) is 5.79. The molecule has 0 N–H and O–H groups in total. The van der Waals surface area contributed by atoms with Crippen LogP contribution in [0.25, 0.3) is 66.3 Å². The molecule has 0 spiro atoms. The minimum atomic E-state index is 0.733. The zero-order chi connectivity index (χ0) is 21.8. The van der Waals surface area contributed by atoms with E-state index in [9.17, 15) is 0 Å². The molecule has 33 heavy (non-hydrogen) atoms. The Morgan fingerprint density at radius 2 is 1.27 bits per heavy atom. The van der Waals surface area contributed by atoms with Gasteiger partial charge in [0.2, 0.25) is 0 Å². The van der Waals surface area contributed by atoms with Gasteiger partial charge in [0.05, 0.1) is 11.2 Å². The lowest BCUT2D eigenvalue weighted by Crippen LogP contribution is -1.95. The molecule has 0 radical (unpaired) electrons. The van der Waals surface area contributed by atoms with Crippen LogP contribution in [0.3, 0.4) is 0 Å². The maximum atomic E-state index is 6.23. The van der Waals surface area contributed by atoms with Gasteiger partial charge in [-0.3, -0.25) is 0 Å². The third kappa shape index (κ3) is 2.83. The highest BCUT2D eigenvalue weighted by Crippen LogP contribution is 2.36. The molecule has 0 fully saturated rings. The Hall–Kier alpha value is -4.50.